The third-order valence-electron chi connectivity index (χ3n) is 4.05. The molecule has 0 bridgehead atoms. The van der Waals surface area contributed by atoms with Gasteiger partial charge in [0.15, 0.2) is 0 Å². The summed E-state index contributed by atoms with van der Waals surface area (Å²) in [6, 6.07) is 13.3. The van der Waals surface area contributed by atoms with Gasteiger partial charge in [0.2, 0.25) is 0 Å². The van der Waals surface area contributed by atoms with E-state index in [-0.39, 0.29) is 6.03 Å². The highest BCUT2D eigenvalue weighted by molar-refractivity contribution is 6.35. The number of aromatic nitrogens is 1. The Morgan fingerprint density at radius 3 is 2.44 bits per heavy atom. The summed E-state index contributed by atoms with van der Waals surface area (Å²) in [4.78, 5) is 15.1. The molecule has 6 heteroatoms. The van der Waals surface area contributed by atoms with Crippen molar-refractivity contribution in [3.63, 3.8) is 0 Å². The van der Waals surface area contributed by atoms with Gasteiger partial charge in [-0.05, 0) is 42.2 Å². The Labute approximate surface area is 156 Å². The number of benzene rings is 2. The number of rotatable bonds is 6. The van der Waals surface area contributed by atoms with E-state index in [0.717, 1.165) is 17.5 Å². The molecule has 25 heavy (non-hydrogen) atoms. The summed E-state index contributed by atoms with van der Waals surface area (Å²) in [6.07, 6.45) is 3.43. The van der Waals surface area contributed by atoms with Gasteiger partial charge in [-0.15, -0.1) is 0 Å². The van der Waals surface area contributed by atoms with Crippen molar-refractivity contribution in [3.05, 3.63) is 69.8 Å². The average molecular weight is 376 g/mol. The molecule has 0 saturated heterocycles. The van der Waals surface area contributed by atoms with E-state index in [2.05, 4.69) is 21.7 Å². The van der Waals surface area contributed by atoms with Crippen LogP contribution in [-0.4, -0.2) is 24.1 Å². The zero-order chi connectivity index (χ0) is 17.6. The van der Waals surface area contributed by atoms with Gasteiger partial charge < -0.3 is 15.6 Å². The maximum atomic E-state index is 11.9. The number of H-pyrrole nitrogens is 1. The third-order valence-corrected chi connectivity index (χ3v) is 4.64. The number of carbonyl (C=O) groups excluding carboxylic acids is 1. The number of hydrogen-bond donors (Lipinski definition) is 3. The minimum absolute atomic E-state index is 0.176. The largest absolute Gasteiger partial charge is 0.361 e. The van der Waals surface area contributed by atoms with Gasteiger partial charge in [0.05, 0.1) is 0 Å². The van der Waals surface area contributed by atoms with E-state index in [0.29, 0.717) is 29.6 Å². The molecule has 2 aromatic carbocycles. The second kappa shape index (κ2) is 8.28. The molecule has 0 atom stereocenters. The maximum Gasteiger partial charge on any atom is 0.314 e. The highest BCUT2D eigenvalue weighted by Gasteiger charge is 2.05. The van der Waals surface area contributed by atoms with Gasteiger partial charge in [-0.25, -0.2) is 4.79 Å². The summed E-state index contributed by atoms with van der Waals surface area (Å²) >= 11 is 12.0. The first-order valence-electron chi connectivity index (χ1n) is 8.14. The molecule has 1 aromatic heterocycles. The topological polar surface area (TPSA) is 56.9 Å². The predicted molar refractivity (Wildman–Crippen MR) is 104 cm³/mol. The van der Waals surface area contributed by atoms with Crippen LogP contribution in [0.4, 0.5) is 4.79 Å². The summed E-state index contributed by atoms with van der Waals surface area (Å²) in [6.45, 7) is 1.09. The number of carbonyl (C=O) groups is 1. The normalized spacial score (nSPS) is 10.8. The number of hydrogen-bond acceptors (Lipinski definition) is 1. The van der Waals surface area contributed by atoms with Crippen molar-refractivity contribution < 1.29 is 4.79 Å². The van der Waals surface area contributed by atoms with Crippen molar-refractivity contribution in [2.75, 3.05) is 13.1 Å². The van der Waals surface area contributed by atoms with Crippen LogP contribution in [0, 0.1) is 0 Å². The first-order chi connectivity index (χ1) is 12.1. The number of halogens is 2. The zero-order valence-electron chi connectivity index (χ0n) is 13.6. The fourth-order valence-corrected chi connectivity index (χ4v) is 3.25. The Bertz CT molecular complexity index is 876. The lowest BCUT2D eigenvalue weighted by Crippen LogP contribution is -2.37. The van der Waals surface area contributed by atoms with E-state index in [9.17, 15) is 4.79 Å². The maximum absolute atomic E-state index is 11.9. The number of urea groups is 1. The molecule has 2 amide bonds. The van der Waals surface area contributed by atoms with Gasteiger partial charge in [0, 0.05) is 40.2 Å². The van der Waals surface area contributed by atoms with Gasteiger partial charge in [-0.2, -0.15) is 0 Å². The van der Waals surface area contributed by atoms with Gasteiger partial charge in [-0.3, -0.25) is 0 Å². The molecular formula is C19H19Cl2N3O. The first-order valence-corrected chi connectivity index (χ1v) is 8.89. The van der Waals surface area contributed by atoms with Crippen molar-refractivity contribution in [3.8, 4) is 0 Å². The van der Waals surface area contributed by atoms with Crippen LogP contribution in [0.3, 0.4) is 0 Å². The number of aromatic amines is 1. The molecule has 0 spiro atoms. The number of fused-ring (bicyclic) bond motifs is 1. The minimum Gasteiger partial charge on any atom is -0.361 e. The lowest BCUT2D eigenvalue weighted by Gasteiger charge is -2.08. The average Bonchev–Trinajstić information content (AvgIpc) is 3.00. The second-order valence-electron chi connectivity index (χ2n) is 5.78. The summed E-state index contributed by atoms with van der Waals surface area (Å²) < 4.78 is 0. The fourth-order valence-electron chi connectivity index (χ4n) is 2.75. The van der Waals surface area contributed by atoms with Crippen LogP contribution in [0.5, 0.6) is 0 Å². The van der Waals surface area contributed by atoms with Crippen molar-refractivity contribution in [2.45, 2.75) is 12.8 Å². The molecule has 3 rings (SSSR count). The second-order valence-corrected chi connectivity index (χ2v) is 6.62. The smallest absolute Gasteiger partial charge is 0.314 e. The summed E-state index contributed by atoms with van der Waals surface area (Å²) in [5.74, 6) is 0. The summed E-state index contributed by atoms with van der Waals surface area (Å²) in [7, 11) is 0. The fraction of sp³-hybridized carbons (Fsp3) is 0.211. The number of para-hydroxylation sites is 1. The molecule has 0 unspecified atom stereocenters. The van der Waals surface area contributed by atoms with Crippen LogP contribution in [0.2, 0.25) is 10.0 Å². The van der Waals surface area contributed by atoms with Crippen LogP contribution < -0.4 is 10.6 Å². The molecule has 0 saturated carbocycles. The quantitative estimate of drug-likeness (QED) is 0.581. The number of amides is 2. The number of nitrogens with one attached hydrogen (secondary N) is 3. The van der Waals surface area contributed by atoms with Gasteiger partial charge in [0.1, 0.15) is 0 Å². The molecule has 3 N–H and O–H groups in total. The standard InChI is InChI=1S/C19H19Cl2N3O/c20-15-6-5-13(17(21)11-15)7-9-22-19(25)23-10-8-14-12-24-18-4-2-1-3-16(14)18/h1-6,11-12,24H,7-10H2,(H2,22,23,25). The Hall–Kier alpha value is -2.17. The van der Waals surface area contributed by atoms with E-state index in [1.54, 1.807) is 12.1 Å². The monoisotopic (exact) mass is 375 g/mol. The van der Waals surface area contributed by atoms with Gasteiger partial charge in [-0.1, -0.05) is 47.5 Å². The Kier molecular flexibility index (Phi) is 5.84. The molecule has 0 radical (unpaired) electrons. The Morgan fingerprint density at radius 1 is 0.960 bits per heavy atom. The predicted octanol–water partition coefficient (Wildman–Crippen LogP) is 4.56. The zero-order valence-corrected chi connectivity index (χ0v) is 15.1. The van der Waals surface area contributed by atoms with E-state index in [1.807, 2.05) is 30.5 Å². The molecular weight excluding hydrogens is 357 g/mol. The van der Waals surface area contributed by atoms with E-state index < -0.39 is 0 Å². The van der Waals surface area contributed by atoms with Crippen LogP contribution in [0.25, 0.3) is 10.9 Å². The van der Waals surface area contributed by atoms with E-state index in [4.69, 9.17) is 23.2 Å². The lowest BCUT2D eigenvalue weighted by molar-refractivity contribution is 0.241. The van der Waals surface area contributed by atoms with Crippen molar-refractivity contribution in [2.24, 2.45) is 0 Å². The van der Waals surface area contributed by atoms with Crippen molar-refractivity contribution in [1.29, 1.82) is 0 Å². The van der Waals surface area contributed by atoms with Crippen LogP contribution in [-0.2, 0) is 12.8 Å². The molecule has 130 valence electrons. The molecule has 0 fully saturated rings. The molecule has 0 aliphatic carbocycles. The van der Waals surface area contributed by atoms with E-state index in [1.165, 1.54) is 10.9 Å². The Balaban J connectivity index is 1.41. The highest BCUT2D eigenvalue weighted by Crippen LogP contribution is 2.21. The molecule has 0 aliphatic rings. The van der Waals surface area contributed by atoms with Crippen LogP contribution in [0.1, 0.15) is 11.1 Å². The van der Waals surface area contributed by atoms with Crippen molar-refractivity contribution >= 4 is 40.1 Å². The Morgan fingerprint density at radius 2 is 1.68 bits per heavy atom. The van der Waals surface area contributed by atoms with Crippen LogP contribution in [0.15, 0.2) is 48.7 Å². The van der Waals surface area contributed by atoms with Crippen molar-refractivity contribution in [1.82, 2.24) is 15.6 Å². The lowest BCUT2D eigenvalue weighted by atomic mass is 10.1. The van der Waals surface area contributed by atoms with E-state index >= 15 is 0 Å². The van der Waals surface area contributed by atoms with Gasteiger partial charge in [0.25, 0.3) is 0 Å². The minimum atomic E-state index is -0.176. The van der Waals surface area contributed by atoms with Crippen LogP contribution >= 0.6 is 23.2 Å². The SMILES string of the molecule is O=C(NCCc1ccc(Cl)cc1Cl)NCCc1c[nH]c2ccccc12. The molecule has 0 aliphatic heterocycles. The third kappa shape index (κ3) is 4.68. The molecule has 1 heterocycles. The molecule has 4 nitrogen and oxygen atoms in total. The summed E-state index contributed by atoms with van der Waals surface area (Å²) in [5.41, 5.74) is 3.27. The molecule has 3 aromatic rings. The summed E-state index contributed by atoms with van der Waals surface area (Å²) in [5, 5.41) is 8.14. The first kappa shape index (κ1) is 17.6. The highest BCUT2D eigenvalue weighted by atomic mass is 35.5. The van der Waals surface area contributed by atoms with Gasteiger partial charge >= 0.3 is 6.03 Å².